The van der Waals surface area contributed by atoms with Gasteiger partial charge >= 0.3 is 0 Å². The average molecular weight is 489 g/mol. The van der Waals surface area contributed by atoms with Gasteiger partial charge in [-0.3, -0.25) is 0 Å². The number of nitrogens with zero attached hydrogens (tertiary/aromatic N) is 3. The highest BCUT2D eigenvalue weighted by molar-refractivity contribution is 7.21. The Morgan fingerprint density at radius 2 is 1.94 bits per heavy atom. The van der Waals surface area contributed by atoms with Crippen molar-refractivity contribution in [3.63, 3.8) is 0 Å². The molecule has 0 spiro atoms. The minimum atomic E-state index is -1.03. The van der Waals surface area contributed by atoms with Gasteiger partial charge in [0.2, 0.25) is 5.95 Å². The van der Waals surface area contributed by atoms with E-state index in [0.29, 0.717) is 23.8 Å². The third kappa shape index (κ3) is 4.10. The van der Waals surface area contributed by atoms with Gasteiger partial charge in [0.15, 0.2) is 0 Å². The number of H-pyrrole nitrogens is 1. The van der Waals surface area contributed by atoms with Crippen molar-refractivity contribution in [1.29, 1.82) is 0 Å². The molecule has 6 rings (SSSR count). The molecule has 6 N–H and O–H groups in total. The number of fused-ring (bicyclic) bond motifs is 2. The summed E-state index contributed by atoms with van der Waals surface area (Å²) in [6, 6.07) is 15.3. The van der Waals surface area contributed by atoms with Crippen LogP contribution in [0.4, 0.5) is 17.5 Å². The van der Waals surface area contributed by atoms with Gasteiger partial charge in [0.1, 0.15) is 16.9 Å². The summed E-state index contributed by atoms with van der Waals surface area (Å²) in [4.78, 5) is 17.2. The molecule has 1 aliphatic carbocycles. The average Bonchev–Trinajstić information content (AvgIpc) is 3.58. The Balaban J connectivity index is 1.37. The Kier molecular flexibility index (Phi) is 5.57. The molecule has 0 radical (unpaired) electrons. The Hall–Kier alpha value is -3.57. The zero-order valence-corrected chi connectivity index (χ0v) is 19.4. The van der Waals surface area contributed by atoms with E-state index in [2.05, 4.69) is 20.6 Å². The number of para-hydroxylation sites is 1. The lowest BCUT2D eigenvalue weighted by Gasteiger charge is -2.20. The minimum Gasteiger partial charge on any atom is -0.396 e. The second-order valence-corrected chi connectivity index (χ2v) is 9.79. The van der Waals surface area contributed by atoms with Crippen LogP contribution in [0.3, 0.4) is 0 Å². The molecule has 5 aromatic rings. The highest BCUT2D eigenvalue weighted by Gasteiger charge is 2.41. The van der Waals surface area contributed by atoms with Crippen LogP contribution in [0.2, 0.25) is 0 Å². The van der Waals surface area contributed by atoms with Crippen LogP contribution >= 0.6 is 11.3 Å². The molecule has 10 heteroatoms. The number of thiazole rings is 1. The molecule has 35 heavy (non-hydrogen) atoms. The van der Waals surface area contributed by atoms with E-state index in [4.69, 9.17) is 9.97 Å². The third-order valence-corrected chi connectivity index (χ3v) is 7.55. The van der Waals surface area contributed by atoms with Crippen LogP contribution in [0.25, 0.3) is 31.7 Å². The largest absolute Gasteiger partial charge is 0.396 e. The van der Waals surface area contributed by atoms with E-state index in [1.807, 2.05) is 54.7 Å². The molecule has 0 amide bonds. The maximum atomic E-state index is 10.6. The molecule has 1 fully saturated rings. The van der Waals surface area contributed by atoms with Gasteiger partial charge < -0.3 is 30.9 Å². The predicted octanol–water partition coefficient (Wildman–Crippen LogP) is 3.49. The second-order valence-electron chi connectivity index (χ2n) is 8.76. The first-order valence-corrected chi connectivity index (χ1v) is 12.2. The fourth-order valence-corrected chi connectivity index (χ4v) is 5.56. The molecule has 9 nitrogen and oxygen atoms in total. The van der Waals surface area contributed by atoms with E-state index in [-0.39, 0.29) is 6.61 Å². The summed E-state index contributed by atoms with van der Waals surface area (Å²) in [6.07, 6.45) is 1.98. The molecular formula is C25H24N6O3S. The molecule has 3 heterocycles. The number of aromatic amines is 1. The van der Waals surface area contributed by atoms with Crippen molar-refractivity contribution in [3.05, 3.63) is 60.9 Å². The molecule has 0 saturated heterocycles. The van der Waals surface area contributed by atoms with Gasteiger partial charge in [0, 0.05) is 41.5 Å². The highest BCUT2D eigenvalue weighted by atomic mass is 32.1. The fraction of sp³-hybridized carbons (Fsp3) is 0.240. The first-order chi connectivity index (χ1) is 17.1. The summed E-state index contributed by atoms with van der Waals surface area (Å²) >= 11 is 1.53. The molecule has 3 aromatic heterocycles. The lowest BCUT2D eigenvalue weighted by molar-refractivity contribution is 0.00446. The van der Waals surface area contributed by atoms with E-state index < -0.39 is 24.2 Å². The molecule has 178 valence electrons. The van der Waals surface area contributed by atoms with Crippen LogP contribution in [0.15, 0.2) is 60.9 Å². The van der Waals surface area contributed by atoms with E-state index >= 15 is 0 Å². The number of aromatic nitrogens is 4. The molecule has 1 saturated carbocycles. The number of nitrogens with one attached hydrogen (secondary N) is 3. The molecule has 0 bridgehead atoms. The van der Waals surface area contributed by atoms with Crippen molar-refractivity contribution in [1.82, 2.24) is 19.9 Å². The lowest BCUT2D eigenvalue weighted by atomic mass is 10.1. The summed E-state index contributed by atoms with van der Waals surface area (Å²) < 4.78 is 1.05. The molecular weight excluding hydrogens is 464 g/mol. The number of benzene rings is 2. The zero-order chi connectivity index (χ0) is 23.9. The van der Waals surface area contributed by atoms with E-state index in [1.165, 1.54) is 11.3 Å². The Morgan fingerprint density at radius 3 is 2.77 bits per heavy atom. The quantitative estimate of drug-likeness (QED) is 0.214. The van der Waals surface area contributed by atoms with Crippen molar-refractivity contribution < 1.29 is 15.3 Å². The van der Waals surface area contributed by atoms with E-state index in [0.717, 1.165) is 31.8 Å². The maximum absolute atomic E-state index is 10.6. The van der Waals surface area contributed by atoms with Gasteiger partial charge in [-0.2, -0.15) is 4.98 Å². The minimum absolute atomic E-state index is 0.195. The smallest absolute Gasteiger partial charge is 0.229 e. The summed E-state index contributed by atoms with van der Waals surface area (Å²) in [6.45, 7) is -0.195. The summed E-state index contributed by atoms with van der Waals surface area (Å²) in [7, 11) is 0. The van der Waals surface area contributed by atoms with Crippen LogP contribution in [0.5, 0.6) is 0 Å². The van der Waals surface area contributed by atoms with Crippen LogP contribution in [0.1, 0.15) is 6.42 Å². The van der Waals surface area contributed by atoms with Gasteiger partial charge in [-0.05, 0) is 42.8 Å². The predicted molar refractivity (Wildman–Crippen MR) is 137 cm³/mol. The molecule has 1 aliphatic rings. The van der Waals surface area contributed by atoms with Crippen molar-refractivity contribution in [2.75, 3.05) is 17.2 Å². The lowest BCUT2D eigenvalue weighted by Crippen LogP contribution is -2.35. The Bertz CT molecular complexity index is 1470. The first-order valence-electron chi connectivity index (χ1n) is 11.4. The van der Waals surface area contributed by atoms with Crippen molar-refractivity contribution in [2.45, 2.75) is 24.7 Å². The fourth-order valence-electron chi connectivity index (χ4n) is 4.58. The summed E-state index contributed by atoms with van der Waals surface area (Å²) in [5.74, 6) is 0.485. The number of hydrogen-bond donors (Lipinski definition) is 6. The van der Waals surface area contributed by atoms with Crippen LogP contribution in [-0.4, -0.2) is 60.1 Å². The number of hydrogen-bond acceptors (Lipinski definition) is 9. The Morgan fingerprint density at radius 1 is 1.06 bits per heavy atom. The standard InChI is InChI=1S/C25H24N6O3S/c32-12-14-10-19(22(34)21(14)33)29-23-16(24-30-18-3-1-2-4-20(18)35-24)11-27-25(31-23)28-15-5-6-17-13(9-15)7-8-26-17/h1-9,11,14,19,21-22,26,32-34H,10,12H2,(H2,27,28,29,31). The molecule has 2 aromatic carbocycles. The normalized spacial score (nSPS) is 22.1. The van der Waals surface area contributed by atoms with Crippen molar-refractivity contribution >= 4 is 49.9 Å². The van der Waals surface area contributed by atoms with E-state index in [9.17, 15) is 15.3 Å². The number of rotatable bonds is 6. The second kappa shape index (κ2) is 8.90. The maximum Gasteiger partial charge on any atom is 0.229 e. The zero-order valence-electron chi connectivity index (χ0n) is 18.6. The van der Waals surface area contributed by atoms with Gasteiger partial charge in [0.25, 0.3) is 0 Å². The van der Waals surface area contributed by atoms with Gasteiger partial charge in [0.05, 0.1) is 27.9 Å². The van der Waals surface area contributed by atoms with Crippen molar-refractivity contribution in [3.8, 4) is 10.6 Å². The van der Waals surface area contributed by atoms with Crippen LogP contribution in [-0.2, 0) is 0 Å². The molecule has 0 aliphatic heterocycles. The molecule has 4 unspecified atom stereocenters. The monoisotopic (exact) mass is 488 g/mol. The van der Waals surface area contributed by atoms with Gasteiger partial charge in [-0.25, -0.2) is 9.97 Å². The first kappa shape index (κ1) is 21.9. The SMILES string of the molecule is OCC1CC(Nc2nc(Nc3ccc4[nH]ccc4c3)ncc2-c2nc3ccccc3s2)C(O)C1O. The Labute approximate surface area is 204 Å². The van der Waals surface area contributed by atoms with Crippen LogP contribution < -0.4 is 10.6 Å². The van der Waals surface area contributed by atoms with Gasteiger partial charge in [-0.15, -0.1) is 11.3 Å². The number of aliphatic hydroxyl groups excluding tert-OH is 3. The number of anilines is 3. The summed E-state index contributed by atoms with van der Waals surface area (Å²) in [5, 5.41) is 38.8. The van der Waals surface area contributed by atoms with Gasteiger partial charge in [-0.1, -0.05) is 12.1 Å². The molecule has 4 atom stereocenters. The summed E-state index contributed by atoms with van der Waals surface area (Å²) in [5.41, 5.74) is 3.47. The highest BCUT2D eigenvalue weighted by Crippen LogP contribution is 2.36. The van der Waals surface area contributed by atoms with Crippen LogP contribution in [0, 0.1) is 5.92 Å². The van der Waals surface area contributed by atoms with Crippen molar-refractivity contribution in [2.24, 2.45) is 5.92 Å². The topological polar surface area (TPSA) is 139 Å². The number of aliphatic hydroxyl groups is 3. The van der Waals surface area contributed by atoms with E-state index in [1.54, 1.807) is 6.20 Å². The third-order valence-electron chi connectivity index (χ3n) is 6.48.